The maximum absolute atomic E-state index is 13.1. The highest BCUT2D eigenvalue weighted by molar-refractivity contribution is 7.47. The van der Waals surface area contributed by atoms with Gasteiger partial charge < -0.3 is 33.8 Å². The van der Waals surface area contributed by atoms with Crippen LogP contribution in [0.3, 0.4) is 0 Å². The van der Waals surface area contributed by atoms with Crippen LogP contribution in [0.15, 0.2) is 0 Å². The summed E-state index contributed by atoms with van der Waals surface area (Å²) in [6.45, 7) is 14.3. The molecule has 3 N–H and O–H groups in total. The van der Waals surface area contributed by atoms with Crippen LogP contribution in [0.5, 0.6) is 0 Å². The van der Waals surface area contributed by atoms with Crippen molar-refractivity contribution in [2.45, 2.75) is 459 Å². The van der Waals surface area contributed by atoms with Crippen LogP contribution in [0.4, 0.5) is 0 Å². The maximum atomic E-state index is 13.1. The lowest BCUT2D eigenvalue weighted by Crippen LogP contribution is -2.30. The summed E-state index contributed by atoms with van der Waals surface area (Å²) in [6.07, 6.45) is 62.4. The summed E-state index contributed by atoms with van der Waals surface area (Å²) in [6, 6.07) is 0. The third-order valence-electron chi connectivity index (χ3n) is 20.5. The number of carbonyl (C=O) groups is 4. The molecular weight excluding hydrogens is 1350 g/mol. The average Bonchev–Trinajstić information content (AvgIpc) is 0.903. The Balaban J connectivity index is 5.22. The minimum Gasteiger partial charge on any atom is -0.462 e. The van der Waals surface area contributed by atoms with Crippen LogP contribution < -0.4 is 0 Å². The van der Waals surface area contributed by atoms with Gasteiger partial charge in [0.15, 0.2) is 12.2 Å². The number of unbranched alkanes of at least 4 members (excludes halogenated alkanes) is 46. The van der Waals surface area contributed by atoms with Gasteiger partial charge in [0.1, 0.15) is 19.3 Å². The molecule has 0 bridgehead atoms. The van der Waals surface area contributed by atoms with Crippen LogP contribution in [0.1, 0.15) is 441 Å². The highest BCUT2D eigenvalue weighted by atomic mass is 31.2. The summed E-state index contributed by atoms with van der Waals surface area (Å²) >= 11 is 0. The SMILES string of the molecule is CCC(C)CCCCCCCCCCCCCCCCC(=O)O[C@H](COC(=O)CCCCCCCCCCCCCCC(C)C)COP(=O)(O)OC[C@@H](O)COP(=O)(O)OC[C@@H](COC(=O)CCCCCCCCC(C)CC)OC(=O)CCCCCCCCCCCCCCCCCCCCC(C)C. The van der Waals surface area contributed by atoms with Crippen LogP contribution in [-0.4, -0.2) is 96.7 Å². The Morgan fingerprint density at radius 2 is 0.462 bits per heavy atom. The van der Waals surface area contributed by atoms with E-state index < -0.39 is 97.5 Å². The molecule has 0 aromatic rings. The fourth-order valence-electron chi connectivity index (χ4n) is 13.1. The van der Waals surface area contributed by atoms with E-state index in [1.54, 1.807) is 0 Å². The summed E-state index contributed by atoms with van der Waals surface area (Å²) in [5.74, 6) is 1.07. The van der Waals surface area contributed by atoms with Crippen molar-refractivity contribution in [1.82, 2.24) is 0 Å². The third kappa shape index (κ3) is 75.5. The van der Waals surface area contributed by atoms with Crippen molar-refractivity contribution >= 4 is 39.5 Å². The normalized spacial score (nSPS) is 14.5. The molecular formula is C85H166O17P2. The quantitative estimate of drug-likeness (QED) is 0.0222. The Bertz CT molecular complexity index is 2030. The van der Waals surface area contributed by atoms with Gasteiger partial charge in [0.25, 0.3) is 0 Å². The van der Waals surface area contributed by atoms with Crippen LogP contribution in [0.25, 0.3) is 0 Å². The molecule has 0 saturated carbocycles. The molecule has 0 aliphatic rings. The molecule has 104 heavy (non-hydrogen) atoms. The fourth-order valence-corrected chi connectivity index (χ4v) is 14.7. The lowest BCUT2D eigenvalue weighted by Gasteiger charge is -2.21. The molecule has 7 atom stereocenters. The summed E-state index contributed by atoms with van der Waals surface area (Å²) in [4.78, 5) is 73.2. The number of phosphoric ester groups is 2. The molecule has 0 aromatic carbocycles. The molecule has 0 amide bonds. The Hall–Kier alpha value is -1.94. The van der Waals surface area contributed by atoms with Gasteiger partial charge in [-0.3, -0.25) is 37.3 Å². The second-order valence-electron chi connectivity index (χ2n) is 32.0. The van der Waals surface area contributed by atoms with Crippen LogP contribution >= 0.6 is 15.6 Å². The topological polar surface area (TPSA) is 237 Å². The Morgan fingerprint density at radius 3 is 0.683 bits per heavy atom. The molecule has 0 saturated heterocycles. The van der Waals surface area contributed by atoms with Crippen molar-refractivity contribution in [2.75, 3.05) is 39.6 Å². The largest absolute Gasteiger partial charge is 0.472 e. The van der Waals surface area contributed by atoms with Crippen LogP contribution in [-0.2, 0) is 65.4 Å². The first-order valence-electron chi connectivity index (χ1n) is 43.8. The van der Waals surface area contributed by atoms with Gasteiger partial charge in [0, 0.05) is 25.7 Å². The number of aliphatic hydroxyl groups excluding tert-OH is 1. The molecule has 0 aliphatic carbocycles. The van der Waals surface area contributed by atoms with E-state index in [-0.39, 0.29) is 25.7 Å². The molecule has 0 radical (unpaired) electrons. The summed E-state index contributed by atoms with van der Waals surface area (Å²) in [7, 11) is -9.93. The van der Waals surface area contributed by atoms with E-state index in [2.05, 4.69) is 55.4 Å². The molecule has 4 unspecified atom stereocenters. The predicted molar refractivity (Wildman–Crippen MR) is 428 cm³/mol. The number of ether oxygens (including phenoxy) is 4. The van der Waals surface area contributed by atoms with E-state index in [0.29, 0.717) is 25.7 Å². The smallest absolute Gasteiger partial charge is 0.462 e. The van der Waals surface area contributed by atoms with E-state index in [9.17, 15) is 43.2 Å². The number of rotatable bonds is 82. The zero-order valence-electron chi connectivity index (χ0n) is 68.7. The van der Waals surface area contributed by atoms with Gasteiger partial charge in [-0.2, -0.15) is 0 Å². The van der Waals surface area contributed by atoms with Gasteiger partial charge in [-0.25, -0.2) is 9.13 Å². The van der Waals surface area contributed by atoms with Gasteiger partial charge in [0.2, 0.25) is 0 Å². The van der Waals surface area contributed by atoms with Gasteiger partial charge in [-0.15, -0.1) is 0 Å². The first kappa shape index (κ1) is 102. The zero-order valence-corrected chi connectivity index (χ0v) is 70.5. The first-order chi connectivity index (χ1) is 50.2. The Kier molecular flexibility index (Phi) is 72.5. The molecule has 0 aromatic heterocycles. The number of phosphoric acid groups is 2. The second kappa shape index (κ2) is 73.8. The second-order valence-corrected chi connectivity index (χ2v) is 34.9. The average molecular weight is 1520 g/mol. The standard InChI is InChI=1S/C85H166O17P2/c1-9-77(7)63-55-47-39-33-27-20-17-18-22-30-36-42-52-60-67-84(89)101-80(71-95-82(87)65-57-49-40-34-28-24-23-26-32-38-46-54-62-76(5)6)73-99-103(91,92)97-69-79(86)70-98-104(93,94)100-74-81(72-96-83(88)66-58-50-44-43-48-56-64-78(8)10-2)102-85(90)68-59-51-41-35-29-21-16-14-12-11-13-15-19-25-31-37-45-53-61-75(3)4/h75-81,86H,9-74H2,1-8H3,(H,91,92)(H,93,94)/t77?,78?,79-,80-,81-/m1/s1. The minimum atomic E-state index is -4.96. The van der Waals surface area contributed by atoms with Crippen LogP contribution in [0, 0.1) is 23.7 Å². The third-order valence-corrected chi connectivity index (χ3v) is 22.4. The molecule has 0 aliphatic heterocycles. The predicted octanol–water partition coefficient (Wildman–Crippen LogP) is 25.6. The lowest BCUT2D eigenvalue weighted by molar-refractivity contribution is -0.161. The van der Waals surface area contributed by atoms with Crippen molar-refractivity contribution in [1.29, 1.82) is 0 Å². The monoisotopic (exact) mass is 1520 g/mol. The van der Waals surface area contributed by atoms with Crippen molar-refractivity contribution in [3.63, 3.8) is 0 Å². The van der Waals surface area contributed by atoms with E-state index in [4.69, 9.17) is 37.0 Å². The van der Waals surface area contributed by atoms with E-state index >= 15 is 0 Å². The number of hydrogen-bond donors (Lipinski definition) is 3. The van der Waals surface area contributed by atoms with Gasteiger partial charge in [0.05, 0.1) is 26.4 Å². The summed E-state index contributed by atoms with van der Waals surface area (Å²) in [5.41, 5.74) is 0. The molecule has 0 fully saturated rings. The lowest BCUT2D eigenvalue weighted by atomic mass is 9.99. The summed E-state index contributed by atoms with van der Waals surface area (Å²) < 4.78 is 68.9. The van der Waals surface area contributed by atoms with Crippen LogP contribution in [0.2, 0.25) is 0 Å². The Labute approximate surface area is 638 Å². The minimum absolute atomic E-state index is 0.107. The van der Waals surface area contributed by atoms with Crippen molar-refractivity contribution < 1.29 is 80.2 Å². The number of carbonyl (C=O) groups excluding carboxylic acids is 4. The molecule has 0 rings (SSSR count). The number of esters is 4. The highest BCUT2D eigenvalue weighted by Crippen LogP contribution is 2.45. The number of hydrogen-bond acceptors (Lipinski definition) is 15. The fraction of sp³-hybridized carbons (Fsp3) is 0.953. The Morgan fingerprint density at radius 1 is 0.269 bits per heavy atom. The van der Waals surface area contributed by atoms with Gasteiger partial charge in [-0.1, -0.05) is 389 Å². The van der Waals surface area contributed by atoms with Crippen molar-refractivity contribution in [3.8, 4) is 0 Å². The summed E-state index contributed by atoms with van der Waals surface area (Å²) in [5, 5.41) is 10.7. The highest BCUT2D eigenvalue weighted by Gasteiger charge is 2.30. The van der Waals surface area contributed by atoms with E-state index in [1.807, 2.05) is 0 Å². The van der Waals surface area contributed by atoms with Crippen molar-refractivity contribution in [2.24, 2.45) is 23.7 Å². The van der Waals surface area contributed by atoms with Crippen molar-refractivity contribution in [3.05, 3.63) is 0 Å². The first-order valence-corrected chi connectivity index (χ1v) is 46.8. The maximum Gasteiger partial charge on any atom is 0.472 e. The van der Waals surface area contributed by atoms with Gasteiger partial charge in [-0.05, 0) is 49.4 Å². The molecule has 618 valence electrons. The molecule has 19 heteroatoms. The van der Waals surface area contributed by atoms with E-state index in [1.165, 1.54) is 238 Å². The number of aliphatic hydroxyl groups is 1. The molecule has 17 nitrogen and oxygen atoms in total. The molecule has 0 heterocycles. The molecule has 0 spiro atoms. The zero-order chi connectivity index (χ0) is 76.7. The van der Waals surface area contributed by atoms with E-state index in [0.717, 1.165) is 120 Å². The van der Waals surface area contributed by atoms with Gasteiger partial charge >= 0.3 is 39.5 Å².